The van der Waals surface area contributed by atoms with E-state index >= 15 is 0 Å². The van der Waals surface area contributed by atoms with E-state index in [0.717, 1.165) is 11.1 Å². The average Bonchev–Trinajstić information content (AvgIpc) is 4.03. The highest BCUT2D eigenvalue weighted by atomic mass is 16.6. The number of benzene rings is 2. The lowest BCUT2D eigenvalue weighted by Crippen LogP contribution is -2.59. The number of carbonyl (C=O) groups excluding carboxylic acids is 4. The van der Waals surface area contributed by atoms with Crippen molar-refractivity contribution in [3.63, 3.8) is 0 Å². The van der Waals surface area contributed by atoms with Crippen molar-refractivity contribution in [1.82, 2.24) is 26.2 Å². The Kier molecular flexibility index (Phi) is 23.2. The molecule has 0 bridgehead atoms. The molecule has 2 saturated heterocycles. The minimum absolute atomic E-state index is 0.133. The fraction of sp³-hybridized carbons (Fsp3) is 0.646. The number of rotatable bonds is 31. The summed E-state index contributed by atoms with van der Waals surface area (Å²) in [5.41, 5.74) is 1.67. The van der Waals surface area contributed by atoms with E-state index in [1.54, 1.807) is 7.11 Å². The highest BCUT2D eigenvalue weighted by molar-refractivity contribution is 6.01. The second-order valence-corrected chi connectivity index (χ2v) is 17.6. The lowest BCUT2D eigenvalue weighted by atomic mass is 9.92. The first-order valence-corrected chi connectivity index (χ1v) is 22.9. The molecule has 4 amide bonds. The van der Waals surface area contributed by atoms with E-state index in [1.807, 2.05) is 86.3 Å². The normalized spacial score (nSPS) is 18.5. The molecule has 2 aliphatic rings. The third-order valence-corrected chi connectivity index (χ3v) is 11.0. The standard InChI is InChI=1S/C48H74N6O10/c1-35(2)17-19-40(50-45(56)39(20-18-37-13-9-7-10-14-37)49-43(55)33-54-21-23-60-24-22-54)46(57)52-42(32-38-15-11-8-12-16-38)47(58)51-41(31-36(3)4)44(48(5)34-63-48)53-64-30-29-62-28-27-61-26-25-59-6/h7-16,35-36,39-42H,17-34H2,1-6H3,(H,49,55)(H,50,56)(H,51,58)(H,52,57)/b53-44-/t39-,40-,41?,42-,48+/m0/s1. The van der Waals surface area contributed by atoms with Crippen LogP contribution in [0.2, 0.25) is 0 Å². The van der Waals surface area contributed by atoms with Crippen LogP contribution in [0.25, 0.3) is 0 Å². The van der Waals surface area contributed by atoms with Gasteiger partial charge in [-0.2, -0.15) is 0 Å². The lowest BCUT2D eigenvalue weighted by Gasteiger charge is -2.29. The van der Waals surface area contributed by atoms with Gasteiger partial charge in [0, 0.05) is 26.6 Å². The van der Waals surface area contributed by atoms with Crippen molar-refractivity contribution >= 4 is 29.3 Å². The molecule has 0 aromatic heterocycles. The zero-order valence-electron chi connectivity index (χ0n) is 38.9. The Hall–Kier alpha value is -4.45. The molecule has 16 heteroatoms. The molecule has 16 nitrogen and oxygen atoms in total. The van der Waals surface area contributed by atoms with Crippen LogP contribution in [-0.4, -0.2) is 150 Å². The molecule has 2 heterocycles. The van der Waals surface area contributed by atoms with E-state index in [0.29, 0.717) is 97.2 Å². The van der Waals surface area contributed by atoms with Gasteiger partial charge in [0.2, 0.25) is 23.6 Å². The van der Waals surface area contributed by atoms with Crippen LogP contribution in [0.3, 0.4) is 0 Å². The van der Waals surface area contributed by atoms with Crippen molar-refractivity contribution in [2.45, 2.75) is 103 Å². The highest BCUT2D eigenvalue weighted by Gasteiger charge is 2.49. The van der Waals surface area contributed by atoms with Gasteiger partial charge in [-0.1, -0.05) is 93.5 Å². The summed E-state index contributed by atoms with van der Waals surface area (Å²) in [5, 5.41) is 16.7. The summed E-state index contributed by atoms with van der Waals surface area (Å²) in [6.45, 7) is 15.3. The molecule has 356 valence electrons. The fourth-order valence-electron chi connectivity index (χ4n) is 7.24. The smallest absolute Gasteiger partial charge is 0.243 e. The van der Waals surface area contributed by atoms with Crippen LogP contribution < -0.4 is 21.3 Å². The highest BCUT2D eigenvalue weighted by Crippen LogP contribution is 2.31. The minimum Gasteiger partial charge on any atom is -0.393 e. The number of nitrogens with zero attached hydrogens (tertiary/aromatic N) is 2. The number of hydrogen-bond donors (Lipinski definition) is 4. The van der Waals surface area contributed by atoms with Crippen LogP contribution in [0, 0.1) is 11.8 Å². The fourth-order valence-corrected chi connectivity index (χ4v) is 7.24. The van der Waals surface area contributed by atoms with E-state index in [2.05, 4.69) is 40.3 Å². The maximum Gasteiger partial charge on any atom is 0.243 e. The largest absolute Gasteiger partial charge is 0.393 e. The van der Waals surface area contributed by atoms with E-state index in [4.69, 9.17) is 28.5 Å². The number of aryl methyl sites for hydroxylation is 1. The summed E-state index contributed by atoms with van der Waals surface area (Å²) < 4.78 is 27.3. The number of morpholine rings is 1. The molecule has 2 aromatic rings. The molecule has 2 fully saturated rings. The molecule has 2 aromatic carbocycles. The molecular formula is C48H74N6O10. The predicted octanol–water partition coefficient (Wildman–Crippen LogP) is 3.46. The molecule has 0 radical (unpaired) electrons. The van der Waals surface area contributed by atoms with Crippen LogP contribution in [0.15, 0.2) is 65.8 Å². The van der Waals surface area contributed by atoms with Gasteiger partial charge in [0.15, 0.2) is 0 Å². The van der Waals surface area contributed by atoms with Gasteiger partial charge >= 0.3 is 0 Å². The Morgan fingerprint density at radius 2 is 1.23 bits per heavy atom. The number of hydrogen-bond acceptors (Lipinski definition) is 12. The van der Waals surface area contributed by atoms with Crippen molar-refractivity contribution in [2.24, 2.45) is 17.0 Å². The molecule has 2 aliphatic heterocycles. The van der Waals surface area contributed by atoms with Gasteiger partial charge in [-0.3, -0.25) is 24.1 Å². The van der Waals surface area contributed by atoms with Crippen LogP contribution >= 0.6 is 0 Å². The first-order valence-electron chi connectivity index (χ1n) is 22.9. The first kappa shape index (κ1) is 52.2. The van der Waals surface area contributed by atoms with Crippen molar-refractivity contribution in [3.8, 4) is 0 Å². The number of ether oxygens (including phenoxy) is 5. The van der Waals surface area contributed by atoms with Crippen LogP contribution in [0.4, 0.5) is 0 Å². The third-order valence-electron chi connectivity index (χ3n) is 11.0. The van der Waals surface area contributed by atoms with Gasteiger partial charge in [0.05, 0.1) is 65.4 Å². The maximum absolute atomic E-state index is 14.5. The maximum atomic E-state index is 14.5. The molecule has 0 aliphatic carbocycles. The second kappa shape index (κ2) is 28.5. The number of carbonyl (C=O) groups is 4. The Balaban J connectivity index is 1.51. The molecule has 0 spiro atoms. The zero-order chi connectivity index (χ0) is 46.2. The Morgan fingerprint density at radius 1 is 0.688 bits per heavy atom. The zero-order valence-corrected chi connectivity index (χ0v) is 38.9. The Labute approximate surface area is 380 Å². The third kappa shape index (κ3) is 19.7. The van der Waals surface area contributed by atoms with E-state index < -0.39 is 47.5 Å². The van der Waals surface area contributed by atoms with Crippen molar-refractivity contribution in [1.29, 1.82) is 0 Å². The lowest BCUT2D eigenvalue weighted by molar-refractivity contribution is -0.134. The van der Waals surface area contributed by atoms with E-state index in [1.165, 1.54) is 0 Å². The van der Waals surface area contributed by atoms with Gasteiger partial charge in [-0.05, 0) is 62.0 Å². The van der Waals surface area contributed by atoms with Crippen LogP contribution in [-0.2, 0) is 60.5 Å². The molecule has 64 heavy (non-hydrogen) atoms. The summed E-state index contributed by atoms with van der Waals surface area (Å²) >= 11 is 0. The van der Waals surface area contributed by atoms with Gasteiger partial charge in [-0.15, -0.1) is 0 Å². The number of epoxide rings is 1. The van der Waals surface area contributed by atoms with Crippen LogP contribution in [0.1, 0.15) is 71.4 Å². The summed E-state index contributed by atoms with van der Waals surface area (Å²) in [6.07, 6.45) is 2.55. The van der Waals surface area contributed by atoms with Gasteiger partial charge < -0.3 is 49.8 Å². The topological polar surface area (TPSA) is 191 Å². The molecule has 5 atom stereocenters. The summed E-state index contributed by atoms with van der Waals surface area (Å²) in [4.78, 5) is 64.3. The number of methoxy groups -OCH3 is 1. The first-order chi connectivity index (χ1) is 30.9. The average molecular weight is 895 g/mol. The van der Waals surface area contributed by atoms with Crippen molar-refractivity contribution in [3.05, 3.63) is 71.8 Å². The van der Waals surface area contributed by atoms with Gasteiger partial charge in [0.25, 0.3) is 0 Å². The Bertz CT molecular complexity index is 1710. The predicted molar refractivity (Wildman–Crippen MR) is 245 cm³/mol. The molecule has 1 unspecified atom stereocenters. The second-order valence-electron chi connectivity index (χ2n) is 17.6. The SMILES string of the molecule is COCCOCCOCCO/N=C(/C(CC(C)C)NC(=O)[C@H](Cc1ccccc1)NC(=O)[C@H](CCC(C)C)NC(=O)[C@H](CCc1ccccc1)NC(=O)CN1CCOCC1)[C@@]1(C)CO1. The number of oxime groups is 1. The summed E-state index contributed by atoms with van der Waals surface area (Å²) in [5.74, 6) is -1.27. The minimum atomic E-state index is -1.01. The molecular weight excluding hydrogens is 821 g/mol. The number of amides is 4. The molecule has 4 rings (SSSR count). The van der Waals surface area contributed by atoms with Crippen molar-refractivity contribution in [2.75, 3.05) is 86.2 Å². The van der Waals surface area contributed by atoms with Gasteiger partial charge in [-0.25, -0.2) is 0 Å². The van der Waals surface area contributed by atoms with Crippen molar-refractivity contribution < 1.29 is 47.7 Å². The summed E-state index contributed by atoms with van der Waals surface area (Å²) in [6, 6.07) is 15.7. The number of nitrogens with one attached hydrogen (secondary N) is 4. The monoisotopic (exact) mass is 895 g/mol. The Morgan fingerprint density at radius 3 is 1.83 bits per heavy atom. The van der Waals surface area contributed by atoms with Gasteiger partial charge in [0.1, 0.15) is 36.0 Å². The van der Waals surface area contributed by atoms with E-state index in [-0.39, 0.29) is 43.9 Å². The molecule has 4 N–H and O–H groups in total. The summed E-state index contributed by atoms with van der Waals surface area (Å²) in [7, 11) is 1.62. The molecule has 0 saturated carbocycles. The van der Waals surface area contributed by atoms with E-state index in [9.17, 15) is 19.2 Å². The van der Waals surface area contributed by atoms with Crippen LogP contribution in [0.5, 0.6) is 0 Å². The quantitative estimate of drug-likeness (QED) is 0.0376.